The molecule has 6 heterocycles. The fraction of sp³-hybridized carbons (Fsp3) is 0.382. The number of fused-ring (bicyclic) bond motifs is 2. The standard InChI is InChI=1S/C68H78F2N14O9/c1-39(71-9)61(85)73-57(65(89)81-37-67(5,6)59-55(81)33-45(63(87)75-59)31-43-11-15-47(69)16-12-43)41(3)83-35-49(77-79-83)27-29-91-51-19-23-53(24-20-51)93-54-25-21-52(22-26-54)92-30-28-50-36-84(80-78-50)42(4)58(74-62(86)40(2)72-10)66(90)82-38-68(7,8)60-56(82)34-46(64(88)76-60)32-44-13-17-48(70)18-14-44/h11-26,33-36,39-42,57-58,71-72H,27-32,37-38H2,1-10H3,(H,73,85)(H,74,86)(H,75,87)(H,76,88)/t39-,40-,41-,42-,57-,58-/m0/s1. The maximum atomic E-state index is 14.8. The van der Waals surface area contributed by atoms with Gasteiger partial charge >= 0.3 is 0 Å². The summed E-state index contributed by atoms with van der Waals surface area (Å²) in [6.07, 6.45) is 4.64. The molecule has 0 saturated heterocycles. The zero-order chi connectivity index (χ0) is 66.5. The van der Waals surface area contributed by atoms with Crippen LogP contribution in [0.4, 0.5) is 20.2 Å². The van der Waals surface area contributed by atoms with Gasteiger partial charge in [0, 0.05) is 84.5 Å². The second-order valence-corrected chi connectivity index (χ2v) is 25.1. The van der Waals surface area contributed by atoms with Gasteiger partial charge in [0.25, 0.3) is 22.9 Å². The van der Waals surface area contributed by atoms with Crippen molar-refractivity contribution < 1.29 is 42.2 Å². The smallest absolute Gasteiger partial charge is 0.251 e. The number of benzene rings is 4. The molecule has 0 aliphatic carbocycles. The van der Waals surface area contributed by atoms with E-state index >= 15 is 0 Å². The number of carbonyl (C=O) groups excluding carboxylic acids is 4. The molecule has 0 spiro atoms. The second-order valence-electron chi connectivity index (χ2n) is 25.1. The number of anilines is 2. The average Bonchev–Trinajstić information content (AvgIpc) is 1.62. The summed E-state index contributed by atoms with van der Waals surface area (Å²) in [6, 6.07) is 24.7. The van der Waals surface area contributed by atoms with Crippen molar-refractivity contribution in [3.05, 3.63) is 199 Å². The number of aromatic nitrogens is 8. The van der Waals surface area contributed by atoms with E-state index in [1.54, 1.807) is 158 Å². The number of nitrogens with zero attached hydrogens (tertiary/aromatic N) is 8. The molecule has 2 aliphatic heterocycles. The average molecular weight is 1270 g/mol. The quantitative estimate of drug-likeness (QED) is 0.0329. The van der Waals surface area contributed by atoms with E-state index in [0.717, 1.165) is 11.1 Å². The summed E-state index contributed by atoms with van der Waals surface area (Å²) in [7, 11) is 3.31. The van der Waals surface area contributed by atoms with E-state index in [1.807, 2.05) is 27.7 Å². The zero-order valence-electron chi connectivity index (χ0n) is 53.7. The number of H-pyrrole nitrogens is 2. The maximum Gasteiger partial charge on any atom is 0.251 e. The third-order valence-electron chi connectivity index (χ3n) is 17.2. The van der Waals surface area contributed by atoms with E-state index in [-0.39, 0.29) is 61.9 Å². The lowest BCUT2D eigenvalue weighted by Crippen LogP contribution is -2.55. The summed E-state index contributed by atoms with van der Waals surface area (Å²) in [5.74, 6) is -0.0201. The summed E-state index contributed by atoms with van der Waals surface area (Å²) in [4.78, 5) is 92.5. The minimum atomic E-state index is -1.09. The Morgan fingerprint density at radius 1 is 0.548 bits per heavy atom. The van der Waals surface area contributed by atoms with E-state index in [4.69, 9.17) is 14.2 Å². The van der Waals surface area contributed by atoms with Crippen molar-refractivity contribution in [2.24, 2.45) is 0 Å². The van der Waals surface area contributed by atoms with Gasteiger partial charge in [-0.15, -0.1) is 10.2 Å². The molecule has 0 bridgehead atoms. The maximum absolute atomic E-state index is 14.8. The molecule has 0 unspecified atom stereocenters. The Bertz CT molecular complexity index is 3850. The van der Waals surface area contributed by atoms with Crippen LogP contribution in [0.3, 0.4) is 0 Å². The highest BCUT2D eigenvalue weighted by Crippen LogP contribution is 2.41. The number of halogens is 2. The van der Waals surface area contributed by atoms with E-state index in [1.165, 1.54) is 24.3 Å². The number of hydrogen-bond acceptors (Lipinski definition) is 15. The third-order valence-corrected chi connectivity index (χ3v) is 17.2. The van der Waals surface area contributed by atoms with Crippen LogP contribution in [0.2, 0.25) is 0 Å². The molecule has 8 aromatic rings. The van der Waals surface area contributed by atoms with Gasteiger partial charge in [-0.25, -0.2) is 18.1 Å². The summed E-state index contributed by atoms with van der Waals surface area (Å²) in [5, 5.41) is 29.2. The normalized spacial score (nSPS) is 15.7. The molecule has 488 valence electrons. The van der Waals surface area contributed by atoms with Crippen LogP contribution in [0.1, 0.15) is 113 Å². The van der Waals surface area contributed by atoms with Crippen LogP contribution in [0.25, 0.3) is 0 Å². The Kier molecular flexibility index (Phi) is 19.8. The first-order valence-electron chi connectivity index (χ1n) is 30.9. The number of carbonyl (C=O) groups is 4. The van der Waals surface area contributed by atoms with Gasteiger partial charge in [-0.3, -0.25) is 28.8 Å². The van der Waals surface area contributed by atoms with E-state index in [9.17, 15) is 37.5 Å². The van der Waals surface area contributed by atoms with Gasteiger partial charge in [0.1, 0.15) is 46.7 Å². The molecule has 0 fully saturated rings. The molecular weight excluding hydrogens is 1190 g/mol. The summed E-state index contributed by atoms with van der Waals surface area (Å²) >= 11 is 0. The molecule has 0 radical (unpaired) electrons. The summed E-state index contributed by atoms with van der Waals surface area (Å²) in [5.41, 5.74) is 3.85. The van der Waals surface area contributed by atoms with Crippen molar-refractivity contribution in [2.45, 2.75) is 128 Å². The van der Waals surface area contributed by atoms with Crippen molar-refractivity contribution in [3.8, 4) is 23.0 Å². The molecule has 4 aromatic heterocycles. The minimum absolute atomic E-state index is 0.219. The van der Waals surface area contributed by atoms with Gasteiger partial charge < -0.3 is 55.2 Å². The molecule has 0 saturated carbocycles. The Labute approximate surface area is 536 Å². The van der Waals surface area contributed by atoms with E-state index in [0.29, 0.717) is 81.1 Å². The van der Waals surface area contributed by atoms with Crippen molar-refractivity contribution in [1.82, 2.24) is 61.2 Å². The highest BCUT2D eigenvalue weighted by Gasteiger charge is 2.45. The van der Waals surface area contributed by atoms with Crippen molar-refractivity contribution in [2.75, 3.05) is 50.2 Å². The van der Waals surface area contributed by atoms with Gasteiger partial charge in [0.15, 0.2) is 0 Å². The Morgan fingerprint density at radius 2 is 0.903 bits per heavy atom. The van der Waals surface area contributed by atoms with Gasteiger partial charge in [0.2, 0.25) is 11.8 Å². The zero-order valence-corrected chi connectivity index (χ0v) is 53.7. The summed E-state index contributed by atoms with van der Waals surface area (Å²) in [6.45, 7) is 15.7. The van der Waals surface area contributed by atoms with E-state index < -0.39 is 70.7 Å². The minimum Gasteiger partial charge on any atom is -0.493 e. The SMILES string of the molecule is CN[C@@H](C)C(=O)N[C@H](C(=O)N1CC(C)(C)c2[nH]c(=O)c(Cc3ccc(F)cc3)cc21)[C@H](C)n1cc(CCOc2ccc(Oc3ccc(OCCc4cn([C@@H](C)[C@H](NC(=O)[C@H](C)NC)C(=O)N5CC(C)(C)c6[nH]c(=O)c(Cc7ccc(F)cc7)cc65)nn4)cc3)cc2)nn1. The lowest BCUT2D eigenvalue weighted by Gasteiger charge is -2.30. The Balaban J connectivity index is 0.714. The topological polar surface area (TPSA) is 278 Å². The molecule has 25 heteroatoms. The molecule has 23 nitrogen and oxygen atoms in total. The van der Waals surface area contributed by atoms with Crippen molar-refractivity contribution in [1.29, 1.82) is 0 Å². The second kappa shape index (κ2) is 27.9. The monoisotopic (exact) mass is 1270 g/mol. The number of amides is 4. The first-order chi connectivity index (χ1) is 44.4. The van der Waals surface area contributed by atoms with Crippen LogP contribution in [0.15, 0.2) is 131 Å². The summed E-state index contributed by atoms with van der Waals surface area (Å²) < 4.78 is 48.8. The number of nitrogens with one attached hydrogen (secondary N) is 6. The molecule has 93 heavy (non-hydrogen) atoms. The van der Waals surface area contributed by atoms with Crippen LogP contribution >= 0.6 is 0 Å². The predicted octanol–water partition coefficient (Wildman–Crippen LogP) is 6.70. The van der Waals surface area contributed by atoms with Gasteiger partial charge in [-0.05, 0) is 138 Å². The highest BCUT2D eigenvalue weighted by molar-refractivity contribution is 6.03. The first-order valence-corrected chi connectivity index (χ1v) is 30.9. The van der Waals surface area contributed by atoms with Crippen molar-refractivity contribution >= 4 is 35.0 Å². The van der Waals surface area contributed by atoms with Crippen LogP contribution in [0.5, 0.6) is 23.0 Å². The fourth-order valence-corrected chi connectivity index (χ4v) is 11.4. The van der Waals surface area contributed by atoms with E-state index in [2.05, 4.69) is 51.9 Å². The van der Waals surface area contributed by atoms with Crippen molar-refractivity contribution in [3.63, 3.8) is 0 Å². The number of pyridine rings is 2. The van der Waals surface area contributed by atoms with Gasteiger partial charge in [-0.2, -0.15) is 0 Å². The first kappa shape index (κ1) is 66.1. The van der Waals surface area contributed by atoms with Crippen LogP contribution < -0.4 is 56.4 Å². The molecule has 10 rings (SSSR count). The number of likely N-dealkylation sites (N-methyl/N-ethyl adjacent to an activating group) is 2. The van der Waals surface area contributed by atoms with Gasteiger partial charge in [-0.1, -0.05) is 62.4 Å². The number of ether oxygens (including phenoxy) is 3. The predicted molar refractivity (Wildman–Crippen MR) is 345 cm³/mol. The molecule has 4 amide bonds. The largest absolute Gasteiger partial charge is 0.493 e. The van der Waals surface area contributed by atoms with Crippen LogP contribution in [-0.4, -0.2) is 128 Å². The number of aromatic amines is 2. The lowest BCUT2D eigenvalue weighted by atomic mass is 9.91. The molecule has 6 N–H and O–H groups in total. The highest BCUT2D eigenvalue weighted by atomic mass is 19.1. The Morgan fingerprint density at radius 3 is 1.26 bits per heavy atom. The Hall–Kier alpha value is -9.88. The van der Waals surface area contributed by atoms with Crippen LogP contribution in [0, 0.1) is 11.6 Å². The van der Waals surface area contributed by atoms with Gasteiger partial charge in [0.05, 0.1) is 60.1 Å². The lowest BCUT2D eigenvalue weighted by molar-refractivity contribution is -0.129. The fourth-order valence-electron chi connectivity index (χ4n) is 11.4. The molecule has 6 atom stereocenters. The third kappa shape index (κ3) is 15.2. The van der Waals surface area contributed by atoms with Crippen LogP contribution in [-0.2, 0) is 55.7 Å². The molecule has 4 aromatic carbocycles. The molecule has 2 aliphatic rings. The number of hydrogen-bond donors (Lipinski definition) is 6. The number of rotatable bonds is 26. The molecular formula is C68H78F2N14O9.